The van der Waals surface area contributed by atoms with Crippen molar-refractivity contribution < 1.29 is 0 Å². The third-order valence-corrected chi connectivity index (χ3v) is 4.97. The molecule has 1 aromatic carbocycles. The summed E-state index contributed by atoms with van der Waals surface area (Å²) in [5.74, 6) is 0. The standard InChI is InChI=1S/C17H22BrN/c18-16-7-4-14(5-8-16)12-15-6-9-17(13-15)19-10-2-1-3-11-19/h4-5,7-8,12,17H,1-3,6,9-11,13H2. The van der Waals surface area contributed by atoms with Crippen molar-refractivity contribution in [3.8, 4) is 0 Å². The summed E-state index contributed by atoms with van der Waals surface area (Å²) in [6.07, 6.45) is 10.6. The maximum absolute atomic E-state index is 3.49. The molecule has 0 aromatic heterocycles. The second-order valence-electron chi connectivity index (χ2n) is 5.85. The molecular weight excluding hydrogens is 298 g/mol. The van der Waals surface area contributed by atoms with E-state index in [4.69, 9.17) is 0 Å². The Morgan fingerprint density at radius 1 is 1.05 bits per heavy atom. The second kappa shape index (κ2) is 6.23. The summed E-state index contributed by atoms with van der Waals surface area (Å²) < 4.78 is 1.16. The van der Waals surface area contributed by atoms with Crippen molar-refractivity contribution >= 4 is 22.0 Å². The van der Waals surface area contributed by atoms with Crippen LogP contribution in [0, 0.1) is 0 Å². The molecule has 0 bridgehead atoms. The summed E-state index contributed by atoms with van der Waals surface area (Å²) in [6.45, 7) is 2.66. The molecule has 1 saturated heterocycles. The van der Waals surface area contributed by atoms with E-state index in [1.165, 1.54) is 57.2 Å². The highest BCUT2D eigenvalue weighted by molar-refractivity contribution is 9.10. The summed E-state index contributed by atoms with van der Waals surface area (Å²) in [6, 6.07) is 9.48. The Bertz CT molecular complexity index is 443. The molecule has 1 unspecified atom stereocenters. The zero-order valence-corrected chi connectivity index (χ0v) is 13.0. The van der Waals surface area contributed by atoms with E-state index in [1.807, 2.05) is 0 Å². The van der Waals surface area contributed by atoms with Crippen LogP contribution in [0.15, 0.2) is 34.3 Å². The Kier molecular flexibility index (Phi) is 4.39. The average Bonchev–Trinajstić information content (AvgIpc) is 2.91. The Hall–Kier alpha value is -0.600. The fraction of sp³-hybridized carbons (Fsp3) is 0.529. The molecule has 3 rings (SSSR count). The van der Waals surface area contributed by atoms with Gasteiger partial charge in [0.25, 0.3) is 0 Å². The van der Waals surface area contributed by atoms with Crippen molar-refractivity contribution in [1.82, 2.24) is 4.90 Å². The van der Waals surface area contributed by atoms with Gasteiger partial charge in [-0.15, -0.1) is 0 Å². The van der Waals surface area contributed by atoms with Crippen LogP contribution in [0.2, 0.25) is 0 Å². The normalized spacial score (nSPS) is 27.0. The van der Waals surface area contributed by atoms with Crippen LogP contribution in [0.4, 0.5) is 0 Å². The van der Waals surface area contributed by atoms with Gasteiger partial charge in [0.1, 0.15) is 0 Å². The highest BCUT2D eigenvalue weighted by Gasteiger charge is 2.26. The van der Waals surface area contributed by atoms with E-state index in [2.05, 4.69) is 51.2 Å². The van der Waals surface area contributed by atoms with Gasteiger partial charge in [-0.25, -0.2) is 0 Å². The zero-order valence-electron chi connectivity index (χ0n) is 11.4. The number of halogens is 1. The van der Waals surface area contributed by atoms with Crippen LogP contribution >= 0.6 is 15.9 Å². The Labute approximate surface area is 124 Å². The summed E-state index contributed by atoms with van der Waals surface area (Å²) in [5.41, 5.74) is 2.98. The van der Waals surface area contributed by atoms with Gasteiger partial charge in [-0.1, -0.05) is 46.1 Å². The van der Waals surface area contributed by atoms with Crippen LogP contribution in [-0.4, -0.2) is 24.0 Å². The van der Waals surface area contributed by atoms with Crippen LogP contribution in [0.3, 0.4) is 0 Å². The maximum atomic E-state index is 3.49. The first-order chi connectivity index (χ1) is 9.31. The minimum absolute atomic E-state index is 0.821. The minimum Gasteiger partial charge on any atom is -0.300 e. The van der Waals surface area contributed by atoms with Gasteiger partial charge in [0.05, 0.1) is 0 Å². The minimum atomic E-state index is 0.821. The number of nitrogens with zero attached hydrogens (tertiary/aromatic N) is 1. The van der Waals surface area contributed by atoms with E-state index < -0.39 is 0 Å². The molecular formula is C17H22BrN. The van der Waals surface area contributed by atoms with Gasteiger partial charge in [0.15, 0.2) is 0 Å². The van der Waals surface area contributed by atoms with Gasteiger partial charge in [-0.05, 0) is 62.9 Å². The molecule has 19 heavy (non-hydrogen) atoms. The highest BCUT2D eigenvalue weighted by Crippen LogP contribution is 2.31. The van der Waals surface area contributed by atoms with Crippen molar-refractivity contribution in [3.05, 3.63) is 39.9 Å². The van der Waals surface area contributed by atoms with E-state index in [1.54, 1.807) is 5.57 Å². The molecule has 2 fully saturated rings. The molecule has 1 saturated carbocycles. The van der Waals surface area contributed by atoms with E-state index in [-0.39, 0.29) is 0 Å². The Morgan fingerprint density at radius 3 is 2.53 bits per heavy atom. The maximum Gasteiger partial charge on any atom is 0.0175 e. The van der Waals surface area contributed by atoms with Crippen molar-refractivity contribution in [2.75, 3.05) is 13.1 Å². The topological polar surface area (TPSA) is 3.24 Å². The smallest absolute Gasteiger partial charge is 0.0175 e. The number of hydrogen-bond donors (Lipinski definition) is 0. The fourth-order valence-electron chi connectivity index (χ4n) is 3.38. The number of piperidine rings is 1. The number of rotatable bonds is 2. The van der Waals surface area contributed by atoms with Crippen LogP contribution in [0.1, 0.15) is 44.1 Å². The number of benzene rings is 1. The molecule has 1 heterocycles. The number of hydrogen-bond acceptors (Lipinski definition) is 1. The van der Waals surface area contributed by atoms with Gasteiger partial charge in [-0.3, -0.25) is 0 Å². The van der Waals surface area contributed by atoms with Crippen LogP contribution in [0.25, 0.3) is 6.08 Å². The molecule has 0 spiro atoms. The van der Waals surface area contributed by atoms with E-state index in [0.29, 0.717) is 0 Å². The first-order valence-electron chi connectivity index (χ1n) is 7.50. The molecule has 1 aliphatic carbocycles. The van der Waals surface area contributed by atoms with Crippen LogP contribution in [0.5, 0.6) is 0 Å². The second-order valence-corrected chi connectivity index (χ2v) is 6.76. The van der Waals surface area contributed by atoms with Gasteiger partial charge in [0.2, 0.25) is 0 Å². The predicted molar refractivity (Wildman–Crippen MR) is 85.2 cm³/mol. The summed E-state index contributed by atoms with van der Waals surface area (Å²) in [5, 5.41) is 0. The van der Waals surface area contributed by atoms with Crippen LogP contribution in [-0.2, 0) is 0 Å². The summed E-state index contributed by atoms with van der Waals surface area (Å²) >= 11 is 3.49. The van der Waals surface area contributed by atoms with Gasteiger partial charge in [0, 0.05) is 10.5 Å². The lowest BCUT2D eigenvalue weighted by atomic mass is 10.1. The highest BCUT2D eigenvalue weighted by atomic mass is 79.9. The molecule has 0 N–H and O–H groups in total. The first kappa shape index (κ1) is 13.4. The van der Waals surface area contributed by atoms with Crippen molar-refractivity contribution in [2.24, 2.45) is 0 Å². The lowest BCUT2D eigenvalue weighted by Gasteiger charge is -2.31. The van der Waals surface area contributed by atoms with Crippen molar-refractivity contribution in [1.29, 1.82) is 0 Å². The Balaban J connectivity index is 1.63. The van der Waals surface area contributed by atoms with Gasteiger partial charge >= 0.3 is 0 Å². The molecule has 0 amide bonds. The molecule has 2 heteroatoms. The summed E-state index contributed by atoms with van der Waals surface area (Å²) in [4.78, 5) is 2.73. The van der Waals surface area contributed by atoms with E-state index in [0.717, 1.165) is 10.5 Å². The third-order valence-electron chi connectivity index (χ3n) is 4.44. The molecule has 0 radical (unpaired) electrons. The lowest BCUT2D eigenvalue weighted by Crippen LogP contribution is -2.37. The van der Waals surface area contributed by atoms with Crippen LogP contribution < -0.4 is 0 Å². The number of likely N-dealkylation sites (tertiary alicyclic amines) is 1. The van der Waals surface area contributed by atoms with Crippen molar-refractivity contribution in [2.45, 2.75) is 44.6 Å². The molecule has 1 aliphatic heterocycles. The van der Waals surface area contributed by atoms with E-state index in [9.17, 15) is 0 Å². The molecule has 102 valence electrons. The molecule has 2 aliphatic rings. The fourth-order valence-corrected chi connectivity index (χ4v) is 3.64. The first-order valence-corrected chi connectivity index (χ1v) is 8.29. The monoisotopic (exact) mass is 319 g/mol. The van der Waals surface area contributed by atoms with Gasteiger partial charge in [-0.2, -0.15) is 0 Å². The van der Waals surface area contributed by atoms with E-state index >= 15 is 0 Å². The van der Waals surface area contributed by atoms with Gasteiger partial charge < -0.3 is 4.90 Å². The lowest BCUT2D eigenvalue weighted by molar-refractivity contribution is 0.167. The summed E-state index contributed by atoms with van der Waals surface area (Å²) in [7, 11) is 0. The molecule has 1 nitrogen and oxygen atoms in total. The predicted octanol–water partition coefficient (Wildman–Crippen LogP) is 4.87. The van der Waals surface area contributed by atoms with Crippen molar-refractivity contribution in [3.63, 3.8) is 0 Å². The largest absolute Gasteiger partial charge is 0.300 e. The average molecular weight is 320 g/mol. The molecule has 1 aromatic rings. The third kappa shape index (κ3) is 3.49. The zero-order chi connectivity index (χ0) is 13.1. The quantitative estimate of drug-likeness (QED) is 0.751. The molecule has 1 atom stereocenters. The SMILES string of the molecule is Brc1ccc(C=C2CCC(N3CCCCC3)C2)cc1. The Morgan fingerprint density at radius 2 is 1.79 bits per heavy atom.